The summed E-state index contributed by atoms with van der Waals surface area (Å²) in [7, 11) is 0. The Kier molecular flexibility index (Phi) is 3.49. The number of carbonyl (C=O) groups excluding carboxylic acids is 1. The van der Waals surface area contributed by atoms with Crippen LogP contribution in [0.4, 0.5) is 0 Å². The predicted molar refractivity (Wildman–Crippen MR) is 87.9 cm³/mol. The van der Waals surface area contributed by atoms with Gasteiger partial charge in [-0.05, 0) is 37.7 Å². The Balaban J connectivity index is 1.36. The molecule has 3 atom stereocenters. The lowest BCUT2D eigenvalue weighted by Crippen LogP contribution is -2.28. The number of benzene rings is 1. The van der Waals surface area contributed by atoms with Crippen molar-refractivity contribution in [3.63, 3.8) is 0 Å². The van der Waals surface area contributed by atoms with Gasteiger partial charge in [0, 0.05) is 17.2 Å². The van der Waals surface area contributed by atoms with E-state index >= 15 is 0 Å². The number of thiazole rings is 1. The van der Waals surface area contributed by atoms with Crippen LogP contribution in [0.3, 0.4) is 0 Å². The summed E-state index contributed by atoms with van der Waals surface area (Å²) < 4.78 is 0. The van der Waals surface area contributed by atoms with Crippen LogP contribution in [0.5, 0.6) is 0 Å². The molecular weight excluding hydrogens is 292 g/mol. The Morgan fingerprint density at radius 1 is 1.32 bits per heavy atom. The summed E-state index contributed by atoms with van der Waals surface area (Å²) in [5, 5.41) is 6.47. The minimum Gasteiger partial charge on any atom is -0.348 e. The zero-order valence-corrected chi connectivity index (χ0v) is 13.5. The van der Waals surface area contributed by atoms with Crippen LogP contribution in [0.1, 0.15) is 60.3 Å². The van der Waals surface area contributed by atoms with Gasteiger partial charge in [0.05, 0.1) is 16.7 Å². The number of amides is 1. The Bertz CT molecular complexity index is 677. The summed E-state index contributed by atoms with van der Waals surface area (Å²) >= 11 is 1.73. The molecule has 2 aromatic rings. The molecule has 4 heteroatoms. The molecule has 1 heterocycles. The topological polar surface area (TPSA) is 42.0 Å². The van der Waals surface area contributed by atoms with Crippen LogP contribution in [0, 0.1) is 5.92 Å². The summed E-state index contributed by atoms with van der Waals surface area (Å²) in [6.07, 6.45) is 3.51. The Hall–Kier alpha value is -1.68. The molecule has 0 bridgehead atoms. The highest BCUT2D eigenvalue weighted by Gasteiger charge is 2.44. The quantitative estimate of drug-likeness (QED) is 0.906. The third-order valence-corrected chi connectivity index (χ3v) is 5.65. The molecule has 2 aliphatic carbocycles. The molecule has 3 unspecified atom stereocenters. The summed E-state index contributed by atoms with van der Waals surface area (Å²) in [6, 6.07) is 10.3. The second kappa shape index (κ2) is 5.51. The van der Waals surface area contributed by atoms with Crippen molar-refractivity contribution in [2.75, 3.05) is 0 Å². The van der Waals surface area contributed by atoms with Gasteiger partial charge in [-0.3, -0.25) is 4.79 Å². The number of rotatable bonds is 5. The fourth-order valence-electron chi connectivity index (χ4n) is 2.97. The van der Waals surface area contributed by atoms with E-state index in [0.717, 1.165) is 12.1 Å². The molecule has 2 saturated carbocycles. The van der Waals surface area contributed by atoms with Crippen LogP contribution in [0.2, 0.25) is 0 Å². The molecule has 0 aliphatic heterocycles. The summed E-state index contributed by atoms with van der Waals surface area (Å²) in [6.45, 7) is 2.03. The van der Waals surface area contributed by atoms with Gasteiger partial charge in [0.25, 0.3) is 0 Å². The Morgan fingerprint density at radius 2 is 2.09 bits per heavy atom. The number of hydrogen-bond acceptors (Lipinski definition) is 3. The van der Waals surface area contributed by atoms with Gasteiger partial charge in [-0.15, -0.1) is 11.3 Å². The average molecular weight is 312 g/mol. The lowest BCUT2D eigenvalue weighted by Gasteiger charge is -2.11. The van der Waals surface area contributed by atoms with Crippen molar-refractivity contribution in [1.82, 2.24) is 10.3 Å². The summed E-state index contributed by atoms with van der Waals surface area (Å²) in [4.78, 5) is 17.1. The molecule has 22 heavy (non-hydrogen) atoms. The first-order valence-electron chi connectivity index (χ1n) is 8.03. The highest BCUT2D eigenvalue weighted by molar-refractivity contribution is 7.09. The lowest BCUT2D eigenvalue weighted by molar-refractivity contribution is -0.123. The largest absolute Gasteiger partial charge is 0.348 e. The number of nitrogens with zero attached hydrogens (tertiary/aromatic N) is 1. The fourth-order valence-corrected chi connectivity index (χ4v) is 4.05. The normalized spacial score (nSPS) is 24.8. The maximum Gasteiger partial charge on any atom is 0.224 e. The first kappa shape index (κ1) is 13.9. The Morgan fingerprint density at radius 3 is 2.82 bits per heavy atom. The molecule has 0 radical (unpaired) electrons. The predicted octanol–water partition coefficient (Wildman–Crippen LogP) is 4.00. The second-order valence-electron chi connectivity index (χ2n) is 6.47. The van der Waals surface area contributed by atoms with Gasteiger partial charge in [-0.2, -0.15) is 0 Å². The van der Waals surface area contributed by atoms with Crippen LogP contribution < -0.4 is 5.32 Å². The van der Waals surface area contributed by atoms with E-state index in [1.165, 1.54) is 23.4 Å². The van der Waals surface area contributed by atoms with Crippen LogP contribution in [-0.2, 0) is 4.79 Å². The van der Waals surface area contributed by atoms with E-state index < -0.39 is 0 Å². The molecule has 114 valence electrons. The third kappa shape index (κ3) is 2.80. The number of carbonyl (C=O) groups is 1. The first-order valence-corrected chi connectivity index (χ1v) is 8.91. The zero-order valence-electron chi connectivity index (χ0n) is 12.7. The maximum absolute atomic E-state index is 12.4. The van der Waals surface area contributed by atoms with Gasteiger partial charge in [0.1, 0.15) is 0 Å². The van der Waals surface area contributed by atoms with Gasteiger partial charge >= 0.3 is 0 Å². The number of hydrogen-bond donors (Lipinski definition) is 1. The van der Waals surface area contributed by atoms with E-state index in [1.807, 2.05) is 25.1 Å². The lowest BCUT2D eigenvalue weighted by atomic mass is 10.1. The smallest absolute Gasteiger partial charge is 0.224 e. The number of nitrogens with one attached hydrogen (secondary N) is 1. The van der Waals surface area contributed by atoms with E-state index in [2.05, 4.69) is 27.8 Å². The van der Waals surface area contributed by atoms with Crippen molar-refractivity contribution >= 4 is 17.2 Å². The first-order chi connectivity index (χ1) is 10.7. The highest BCUT2D eigenvalue weighted by Crippen LogP contribution is 2.47. The van der Waals surface area contributed by atoms with E-state index in [0.29, 0.717) is 11.8 Å². The van der Waals surface area contributed by atoms with Crippen LogP contribution in [0.15, 0.2) is 35.7 Å². The molecule has 1 aromatic carbocycles. The van der Waals surface area contributed by atoms with Gasteiger partial charge in [-0.1, -0.05) is 30.3 Å². The van der Waals surface area contributed by atoms with Gasteiger partial charge in [0.15, 0.2) is 0 Å². The molecule has 0 saturated heterocycles. The van der Waals surface area contributed by atoms with Crippen LogP contribution in [-0.4, -0.2) is 10.9 Å². The second-order valence-corrected chi connectivity index (χ2v) is 7.36. The van der Waals surface area contributed by atoms with Crippen LogP contribution in [0.25, 0.3) is 0 Å². The minimum absolute atomic E-state index is 0.00766. The SMILES string of the molecule is CC(NC(=O)C1CC1c1ccccc1)c1csc(C2CC2)n1. The summed E-state index contributed by atoms with van der Waals surface area (Å²) in [5.41, 5.74) is 2.29. The van der Waals surface area contributed by atoms with Crippen molar-refractivity contribution in [3.8, 4) is 0 Å². The third-order valence-electron chi connectivity index (χ3n) is 4.62. The molecule has 2 aliphatic rings. The van der Waals surface area contributed by atoms with Crippen LogP contribution >= 0.6 is 11.3 Å². The van der Waals surface area contributed by atoms with Crippen molar-refractivity contribution in [2.24, 2.45) is 5.92 Å². The van der Waals surface area contributed by atoms with E-state index in [-0.39, 0.29) is 17.9 Å². The van der Waals surface area contributed by atoms with Gasteiger partial charge in [0.2, 0.25) is 5.91 Å². The monoisotopic (exact) mass is 312 g/mol. The zero-order chi connectivity index (χ0) is 15.1. The van der Waals surface area contributed by atoms with E-state index in [4.69, 9.17) is 0 Å². The maximum atomic E-state index is 12.4. The molecule has 0 spiro atoms. The van der Waals surface area contributed by atoms with Crippen molar-refractivity contribution in [1.29, 1.82) is 0 Å². The molecule has 1 N–H and O–H groups in total. The highest BCUT2D eigenvalue weighted by atomic mass is 32.1. The van der Waals surface area contributed by atoms with E-state index in [1.54, 1.807) is 11.3 Å². The number of aromatic nitrogens is 1. The van der Waals surface area contributed by atoms with Gasteiger partial charge < -0.3 is 5.32 Å². The average Bonchev–Trinajstić information content (AvgIpc) is 3.46. The van der Waals surface area contributed by atoms with Gasteiger partial charge in [-0.25, -0.2) is 4.98 Å². The van der Waals surface area contributed by atoms with Crippen molar-refractivity contribution < 1.29 is 4.79 Å². The molecular formula is C18H20N2OS. The minimum atomic E-state index is 0.00766. The molecule has 1 amide bonds. The van der Waals surface area contributed by atoms with Crippen molar-refractivity contribution in [2.45, 2.75) is 44.1 Å². The fraction of sp³-hybridized carbons (Fsp3) is 0.444. The Labute approximate surface area is 134 Å². The molecule has 2 fully saturated rings. The standard InChI is InChI=1S/C18H20N2OS/c1-11(16-10-22-18(20-16)13-7-8-13)19-17(21)15-9-14(15)12-5-3-2-4-6-12/h2-6,10-11,13-15H,7-9H2,1H3,(H,19,21). The van der Waals surface area contributed by atoms with Crippen molar-refractivity contribution in [3.05, 3.63) is 52.0 Å². The molecule has 1 aromatic heterocycles. The summed E-state index contributed by atoms with van der Waals surface area (Å²) in [5.74, 6) is 1.38. The molecule has 3 nitrogen and oxygen atoms in total. The molecule has 4 rings (SSSR count). The van der Waals surface area contributed by atoms with E-state index in [9.17, 15) is 4.79 Å².